The number of rotatable bonds is 5. The molecule has 1 heterocycles. The highest BCUT2D eigenvalue weighted by molar-refractivity contribution is 7.10. The zero-order valence-corrected chi connectivity index (χ0v) is 10.3. The molecule has 0 amide bonds. The lowest BCUT2D eigenvalue weighted by atomic mass is 10.1. The summed E-state index contributed by atoms with van der Waals surface area (Å²) >= 11 is 1.85. The van der Waals surface area contributed by atoms with Gasteiger partial charge in [-0.1, -0.05) is 6.92 Å². The first-order valence-corrected chi connectivity index (χ1v) is 5.96. The molecule has 1 unspecified atom stereocenters. The van der Waals surface area contributed by atoms with Gasteiger partial charge in [0, 0.05) is 11.4 Å². The third-order valence-corrected chi connectivity index (χ3v) is 3.54. The molecule has 0 bridgehead atoms. The van der Waals surface area contributed by atoms with Crippen LogP contribution in [0.25, 0.3) is 0 Å². The summed E-state index contributed by atoms with van der Waals surface area (Å²) in [6, 6.07) is 2.71. The van der Waals surface area contributed by atoms with Crippen LogP contribution >= 0.6 is 11.3 Å². The minimum absolute atomic E-state index is 0.509. The van der Waals surface area contributed by atoms with Gasteiger partial charge >= 0.3 is 0 Å². The molecule has 1 rings (SSSR count). The number of thiophene rings is 1. The van der Waals surface area contributed by atoms with Gasteiger partial charge in [0.15, 0.2) is 0 Å². The van der Waals surface area contributed by atoms with E-state index in [0.717, 1.165) is 13.1 Å². The topological polar surface area (TPSA) is 15.3 Å². The zero-order chi connectivity index (χ0) is 10.6. The van der Waals surface area contributed by atoms with E-state index in [0.29, 0.717) is 6.04 Å². The Balaban J connectivity index is 2.73. The molecular formula is C11H20N2S. The van der Waals surface area contributed by atoms with Gasteiger partial charge in [0.05, 0.1) is 6.04 Å². The molecule has 1 atom stereocenters. The Labute approximate surface area is 90.9 Å². The monoisotopic (exact) mass is 212 g/mol. The van der Waals surface area contributed by atoms with Gasteiger partial charge < -0.3 is 10.2 Å². The van der Waals surface area contributed by atoms with Crippen LogP contribution in [-0.2, 0) is 0 Å². The van der Waals surface area contributed by atoms with E-state index < -0.39 is 0 Å². The summed E-state index contributed by atoms with van der Waals surface area (Å²) in [4.78, 5) is 3.76. The van der Waals surface area contributed by atoms with Crippen LogP contribution < -0.4 is 5.32 Å². The lowest BCUT2D eigenvalue weighted by Crippen LogP contribution is -2.30. The van der Waals surface area contributed by atoms with E-state index in [1.807, 2.05) is 11.3 Å². The fourth-order valence-corrected chi connectivity index (χ4v) is 2.64. The van der Waals surface area contributed by atoms with Crippen LogP contribution in [0.2, 0.25) is 0 Å². The second-order valence-corrected chi connectivity index (χ2v) is 4.70. The van der Waals surface area contributed by atoms with Crippen molar-refractivity contribution in [3.8, 4) is 0 Å². The predicted molar refractivity (Wildman–Crippen MR) is 64.0 cm³/mol. The molecule has 0 saturated heterocycles. The zero-order valence-electron chi connectivity index (χ0n) is 9.50. The van der Waals surface area contributed by atoms with Crippen molar-refractivity contribution in [2.24, 2.45) is 0 Å². The van der Waals surface area contributed by atoms with Crippen molar-refractivity contribution in [3.63, 3.8) is 0 Å². The average Bonchev–Trinajstić information content (AvgIpc) is 2.52. The van der Waals surface area contributed by atoms with Crippen molar-refractivity contribution in [2.75, 3.05) is 27.2 Å². The maximum atomic E-state index is 3.41. The Morgan fingerprint density at radius 1 is 1.50 bits per heavy atom. The second-order valence-electron chi connectivity index (χ2n) is 3.75. The number of hydrogen-bond donors (Lipinski definition) is 1. The van der Waals surface area contributed by atoms with Crippen molar-refractivity contribution >= 4 is 11.3 Å². The Kier molecular flexibility index (Phi) is 4.58. The van der Waals surface area contributed by atoms with Crippen molar-refractivity contribution in [1.29, 1.82) is 0 Å². The van der Waals surface area contributed by atoms with Gasteiger partial charge in [-0.05, 0) is 44.6 Å². The third kappa shape index (κ3) is 2.80. The van der Waals surface area contributed by atoms with Crippen LogP contribution in [0.5, 0.6) is 0 Å². The van der Waals surface area contributed by atoms with Crippen molar-refractivity contribution < 1.29 is 0 Å². The highest BCUT2D eigenvalue weighted by atomic mass is 32.1. The highest BCUT2D eigenvalue weighted by Gasteiger charge is 2.16. The number of aryl methyl sites for hydroxylation is 1. The lowest BCUT2D eigenvalue weighted by molar-refractivity contribution is 0.293. The van der Waals surface area contributed by atoms with E-state index in [-0.39, 0.29) is 0 Å². The molecule has 0 spiro atoms. The van der Waals surface area contributed by atoms with Gasteiger partial charge in [-0.25, -0.2) is 0 Å². The van der Waals surface area contributed by atoms with Crippen LogP contribution in [0.1, 0.15) is 23.4 Å². The summed E-state index contributed by atoms with van der Waals surface area (Å²) in [6.45, 7) is 6.40. The predicted octanol–water partition coefficient (Wildman–Crippen LogP) is 2.27. The van der Waals surface area contributed by atoms with Crippen molar-refractivity contribution in [2.45, 2.75) is 19.9 Å². The molecule has 1 aromatic heterocycles. The van der Waals surface area contributed by atoms with E-state index in [1.54, 1.807) is 0 Å². The number of likely N-dealkylation sites (N-methyl/N-ethyl adjacent to an activating group) is 2. The first-order chi connectivity index (χ1) is 6.66. The molecule has 1 N–H and O–H groups in total. The molecule has 80 valence electrons. The van der Waals surface area contributed by atoms with Gasteiger partial charge in [-0.2, -0.15) is 0 Å². The normalized spacial score (nSPS) is 13.5. The lowest BCUT2D eigenvalue weighted by Gasteiger charge is -2.24. The summed E-state index contributed by atoms with van der Waals surface area (Å²) in [5, 5.41) is 5.58. The van der Waals surface area contributed by atoms with Gasteiger partial charge in [0.25, 0.3) is 0 Å². The fourth-order valence-electron chi connectivity index (χ4n) is 1.52. The third-order valence-electron chi connectivity index (χ3n) is 2.42. The second kappa shape index (κ2) is 5.49. The molecule has 3 heteroatoms. The summed E-state index contributed by atoms with van der Waals surface area (Å²) in [5.41, 5.74) is 1.41. The molecule has 14 heavy (non-hydrogen) atoms. The number of nitrogens with one attached hydrogen (secondary N) is 1. The summed E-state index contributed by atoms with van der Waals surface area (Å²) in [6.07, 6.45) is 0. The van der Waals surface area contributed by atoms with E-state index in [9.17, 15) is 0 Å². The summed E-state index contributed by atoms with van der Waals surface area (Å²) in [7, 11) is 4.28. The Morgan fingerprint density at radius 2 is 2.21 bits per heavy atom. The van der Waals surface area contributed by atoms with Crippen molar-refractivity contribution in [3.05, 3.63) is 21.9 Å². The van der Waals surface area contributed by atoms with Crippen LogP contribution in [-0.4, -0.2) is 32.1 Å². The van der Waals surface area contributed by atoms with Crippen LogP contribution in [0.15, 0.2) is 11.4 Å². The molecule has 0 radical (unpaired) electrons. The van der Waals surface area contributed by atoms with Gasteiger partial charge in [-0.15, -0.1) is 11.3 Å². The number of nitrogens with zero attached hydrogens (tertiary/aromatic N) is 1. The van der Waals surface area contributed by atoms with E-state index in [2.05, 4.69) is 49.6 Å². The minimum atomic E-state index is 0.509. The quantitative estimate of drug-likeness (QED) is 0.805. The fraction of sp³-hybridized carbons (Fsp3) is 0.636. The van der Waals surface area contributed by atoms with E-state index in [4.69, 9.17) is 0 Å². The minimum Gasteiger partial charge on any atom is -0.315 e. The standard InChI is InChI=1S/C11H20N2S/c1-5-12-8-10(13(3)4)11-9(2)6-7-14-11/h6-7,10,12H,5,8H2,1-4H3. The molecule has 0 aliphatic heterocycles. The SMILES string of the molecule is CCNCC(c1sccc1C)N(C)C. The van der Waals surface area contributed by atoms with E-state index >= 15 is 0 Å². The molecule has 0 aromatic carbocycles. The largest absolute Gasteiger partial charge is 0.315 e. The average molecular weight is 212 g/mol. The maximum absolute atomic E-state index is 3.41. The van der Waals surface area contributed by atoms with E-state index in [1.165, 1.54) is 10.4 Å². The van der Waals surface area contributed by atoms with Crippen LogP contribution in [0.3, 0.4) is 0 Å². The molecule has 0 fully saturated rings. The van der Waals surface area contributed by atoms with Gasteiger partial charge in [0.2, 0.25) is 0 Å². The highest BCUT2D eigenvalue weighted by Crippen LogP contribution is 2.26. The first kappa shape index (κ1) is 11.7. The molecular weight excluding hydrogens is 192 g/mol. The van der Waals surface area contributed by atoms with Crippen molar-refractivity contribution in [1.82, 2.24) is 10.2 Å². The Morgan fingerprint density at radius 3 is 2.64 bits per heavy atom. The molecule has 0 aliphatic rings. The Bertz CT molecular complexity index is 268. The molecule has 0 aliphatic carbocycles. The summed E-state index contributed by atoms with van der Waals surface area (Å²) < 4.78 is 0. The summed E-state index contributed by atoms with van der Waals surface area (Å²) in [5.74, 6) is 0. The Hall–Kier alpha value is -0.380. The van der Waals surface area contributed by atoms with Crippen LogP contribution in [0.4, 0.5) is 0 Å². The molecule has 2 nitrogen and oxygen atoms in total. The smallest absolute Gasteiger partial charge is 0.0564 e. The van der Waals surface area contributed by atoms with Crippen LogP contribution in [0, 0.1) is 6.92 Å². The first-order valence-electron chi connectivity index (χ1n) is 5.08. The number of hydrogen-bond acceptors (Lipinski definition) is 3. The molecule has 0 saturated carbocycles. The van der Waals surface area contributed by atoms with Gasteiger partial charge in [-0.3, -0.25) is 0 Å². The molecule has 1 aromatic rings. The maximum Gasteiger partial charge on any atom is 0.0564 e. The van der Waals surface area contributed by atoms with Gasteiger partial charge in [0.1, 0.15) is 0 Å².